The average molecular weight is 1240 g/mol. The molecule has 0 spiro atoms. The normalized spacial score (nSPS) is 11.3. The molecule has 93 heavy (non-hydrogen) atoms. The van der Waals surface area contributed by atoms with E-state index in [1.165, 1.54) is 0 Å². The van der Waals surface area contributed by atoms with E-state index in [1.54, 1.807) is 0 Å². The van der Waals surface area contributed by atoms with Crippen molar-refractivity contribution in [3.63, 3.8) is 0 Å². The molecule has 0 amide bonds. The number of aromatic nitrogens is 8. The molecule has 472 valence electrons. The summed E-state index contributed by atoms with van der Waals surface area (Å²) in [6.07, 6.45) is 18.8. The maximum absolute atomic E-state index is 7.00. The topological polar surface area (TPSA) is 170 Å². The first-order valence-electron chi connectivity index (χ1n) is 32.0. The number of pyridine rings is 8. The summed E-state index contributed by atoms with van der Waals surface area (Å²) >= 11 is 0. The van der Waals surface area contributed by atoms with Gasteiger partial charge < -0.3 is 24.8 Å². The monoisotopic (exact) mass is 1240 g/mol. The van der Waals surface area contributed by atoms with Gasteiger partial charge in [-0.3, -0.25) is 49.6 Å². The van der Waals surface area contributed by atoms with E-state index >= 15 is 0 Å². The number of rotatable bonds is 36. The number of ether oxygens (including phenoxy) is 3. The Morgan fingerprint density at radius 2 is 0.570 bits per heavy atom. The second-order valence-corrected chi connectivity index (χ2v) is 23.3. The molecule has 0 atom stereocenters. The Morgan fingerprint density at radius 1 is 0.269 bits per heavy atom. The van der Waals surface area contributed by atoms with Crippen LogP contribution < -0.4 is 24.8 Å². The quantitative estimate of drug-likeness (QED) is 0.0368. The van der Waals surface area contributed by atoms with Crippen LogP contribution in [0.1, 0.15) is 98.9 Å². The van der Waals surface area contributed by atoms with Gasteiger partial charge in [0.05, 0.1) is 53.0 Å². The molecule has 11 aromatic rings. The number of nitrogens with two attached hydrogens (primary N) is 1. The van der Waals surface area contributed by atoms with Gasteiger partial charge in [-0.05, 0) is 192 Å². The van der Waals surface area contributed by atoms with Gasteiger partial charge in [0.15, 0.2) is 0 Å². The first-order valence-corrected chi connectivity index (χ1v) is 32.0. The van der Waals surface area contributed by atoms with Crippen LogP contribution in [0.15, 0.2) is 250 Å². The van der Waals surface area contributed by atoms with Gasteiger partial charge in [-0.2, -0.15) is 0 Å². The second-order valence-electron chi connectivity index (χ2n) is 23.3. The fourth-order valence-electron chi connectivity index (χ4n) is 11.4. The first-order chi connectivity index (χ1) is 45.9. The molecule has 8 heterocycles. The van der Waals surface area contributed by atoms with Crippen molar-refractivity contribution in [2.75, 3.05) is 18.1 Å². The number of hydrogen-bond acceptors (Lipinski definition) is 16. The Morgan fingerprint density at radius 3 is 0.903 bits per heavy atom. The van der Waals surface area contributed by atoms with Crippen molar-refractivity contribution < 1.29 is 14.2 Å². The van der Waals surface area contributed by atoms with Gasteiger partial charge in [-0.15, -0.1) is 0 Å². The van der Waals surface area contributed by atoms with Crippen molar-refractivity contribution in [3.8, 4) is 17.2 Å². The zero-order valence-electron chi connectivity index (χ0n) is 52.8. The fraction of sp³-hybridized carbons (Fsp3) is 0.247. The molecule has 0 aliphatic rings. The van der Waals surface area contributed by atoms with Crippen molar-refractivity contribution in [2.24, 2.45) is 5.73 Å². The third kappa shape index (κ3) is 21.5. The number of benzene rings is 3. The van der Waals surface area contributed by atoms with Gasteiger partial charge in [0, 0.05) is 115 Å². The van der Waals surface area contributed by atoms with Gasteiger partial charge in [-0.1, -0.05) is 73.5 Å². The highest BCUT2D eigenvalue weighted by Crippen LogP contribution is 2.29. The molecule has 8 aromatic heterocycles. The van der Waals surface area contributed by atoms with Gasteiger partial charge in [-0.25, -0.2) is 4.98 Å². The lowest BCUT2D eigenvalue weighted by Gasteiger charge is -2.25. The largest absolute Gasteiger partial charge is 0.494 e. The van der Waals surface area contributed by atoms with Gasteiger partial charge in [0.1, 0.15) is 36.3 Å². The van der Waals surface area contributed by atoms with E-state index in [2.05, 4.69) is 117 Å². The third-order valence-electron chi connectivity index (χ3n) is 15.6. The SMILES string of the molecule is NCCCCCCOc1cc(COc2cc(CN(Cc3ccccn3)Cc3ccccn3)cc(CN(Cc3ccccn3)Cc3ccccn3)c2)cc(COc2cc(CN(Cc3ccccn3)Cc3ccccn3)cc(CN(Cc3ccccn3)c3ccccn3)c2)c1. The predicted octanol–water partition coefficient (Wildman–Crippen LogP) is 13.7. The Kier molecular flexibility index (Phi) is 24.2. The number of unbranched alkanes of at least 4 members (excludes halogenated alkanes) is 3. The summed E-state index contributed by atoms with van der Waals surface area (Å²) in [6, 6.07) is 68.0. The Balaban J connectivity index is 0.903. The standard InChI is InChI=1S/C77H81N13O3/c78-29-11-1-2-20-38-91-74-46-65(59-92-75-42-61(48-87(52-67-21-3-12-30-79-67)53-68-22-4-13-31-80-68)39-62(43-75)49-88(54-69-23-5-14-32-81-69)55-70-24-6-15-33-82-70)41-66(47-74)60-93-76-44-63(50-89(56-71-25-7-16-34-83-71)57-72-26-8-17-35-84-72)40-64(45-76)51-90(77-28-10-19-37-86-77)58-73-27-9-18-36-85-73/h3-10,12-19,21-28,30-37,39-47H,1-2,11,20,29,38,48-60,78H2. The lowest BCUT2D eigenvalue weighted by molar-refractivity contribution is 0.236. The third-order valence-corrected chi connectivity index (χ3v) is 15.6. The summed E-state index contributed by atoms with van der Waals surface area (Å²) in [5, 5.41) is 0. The van der Waals surface area contributed by atoms with Crippen molar-refractivity contribution >= 4 is 5.82 Å². The molecule has 0 bridgehead atoms. The Labute approximate surface area is 546 Å². The number of nitrogens with zero attached hydrogens (tertiary/aromatic N) is 12. The van der Waals surface area contributed by atoms with E-state index in [4.69, 9.17) is 59.8 Å². The summed E-state index contributed by atoms with van der Waals surface area (Å²) < 4.78 is 20.6. The Hall–Kier alpha value is -10.1. The average Bonchev–Trinajstić information content (AvgIpc) is 1.59. The van der Waals surface area contributed by atoms with Crippen LogP contribution in [0, 0.1) is 0 Å². The van der Waals surface area contributed by atoms with Crippen molar-refractivity contribution in [1.29, 1.82) is 0 Å². The molecule has 0 saturated carbocycles. The van der Waals surface area contributed by atoms with Gasteiger partial charge in [0.2, 0.25) is 0 Å². The fourth-order valence-corrected chi connectivity index (χ4v) is 11.4. The molecular formula is C77H81N13O3. The van der Waals surface area contributed by atoms with E-state index in [1.807, 2.05) is 153 Å². The molecule has 0 radical (unpaired) electrons. The van der Waals surface area contributed by atoms with Crippen LogP contribution in [0.3, 0.4) is 0 Å². The zero-order valence-corrected chi connectivity index (χ0v) is 52.8. The molecule has 11 rings (SSSR count). The van der Waals surface area contributed by atoms with E-state index in [9.17, 15) is 0 Å². The highest BCUT2D eigenvalue weighted by Gasteiger charge is 2.19. The van der Waals surface area contributed by atoms with Crippen LogP contribution in [0.25, 0.3) is 0 Å². The molecular weight excluding hydrogens is 1150 g/mol. The molecule has 0 aliphatic heterocycles. The maximum Gasteiger partial charge on any atom is 0.129 e. The van der Waals surface area contributed by atoms with Crippen LogP contribution in [0.4, 0.5) is 5.82 Å². The summed E-state index contributed by atoms with van der Waals surface area (Å²) in [5.41, 5.74) is 18.9. The molecule has 3 aromatic carbocycles. The summed E-state index contributed by atoms with van der Waals surface area (Å²) in [7, 11) is 0. The predicted molar refractivity (Wildman–Crippen MR) is 364 cm³/mol. The van der Waals surface area contributed by atoms with Crippen molar-refractivity contribution in [1.82, 2.24) is 54.6 Å². The Bertz CT molecular complexity index is 3700. The molecule has 0 fully saturated rings. The molecule has 0 aliphatic carbocycles. The summed E-state index contributed by atoms with van der Waals surface area (Å²) in [6.45, 7) is 8.55. The van der Waals surface area contributed by atoms with Crippen LogP contribution in [-0.2, 0) is 85.2 Å². The lowest BCUT2D eigenvalue weighted by atomic mass is 10.1. The minimum absolute atomic E-state index is 0.275. The molecule has 0 unspecified atom stereocenters. The van der Waals surface area contributed by atoms with Gasteiger partial charge in [0.25, 0.3) is 0 Å². The molecule has 16 heteroatoms. The summed E-state index contributed by atoms with van der Waals surface area (Å²) in [5.74, 6) is 3.11. The summed E-state index contributed by atoms with van der Waals surface area (Å²) in [4.78, 5) is 47.3. The maximum atomic E-state index is 7.00. The van der Waals surface area contributed by atoms with E-state index < -0.39 is 0 Å². The number of anilines is 1. The zero-order chi connectivity index (χ0) is 63.3. The van der Waals surface area contributed by atoms with Crippen LogP contribution in [0.5, 0.6) is 17.2 Å². The van der Waals surface area contributed by atoms with Gasteiger partial charge >= 0.3 is 0 Å². The first kappa shape index (κ1) is 64.4. The van der Waals surface area contributed by atoms with E-state index in [0.29, 0.717) is 85.1 Å². The minimum atomic E-state index is 0.275. The van der Waals surface area contributed by atoms with Crippen molar-refractivity contribution in [2.45, 2.75) is 111 Å². The minimum Gasteiger partial charge on any atom is -0.494 e. The van der Waals surface area contributed by atoms with E-state index in [-0.39, 0.29) is 13.2 Å². The van der Waals surface area contributed by atoms with Crippen LogP contribution >= 0.6 is 0 Å². The molecule has 0 saturated heterocycles. The van der Waals surface area contributed by atoms with E-state index in [0.717, 1.165) is 122 Å². The smallest absolute Gasteiger partial charge is 0.129 e. The number of hydrogen-bond donors (Lipinski definition) is 1. The highest BCUT2D eigenvalue weighted by molar-refractivity contribution is 5.43. The van der Waals surface area contributed by atoms with Crippen LogP contribution in [0.2, 0.25) is 0 Å². The van der Waals surface area contributed by atoms with Crippen molar-refractivity contribution in [3.05, 3.63) is 323 Å². The second kappa shape index (κ2) is 34.9. The van der Waals surface area contributed by atoms with Crippen LogP contribution in [-0.4, -0.2) is 67.7 Å². The highest BCUT2D eigenvalue weighted by atomic mass is 16.5. The molecule has 16 nitrogen and oxygen atoms in total. The lowest BCUT2D eigenvalue weighted by Crippen LogP contribution is -2.25. The molecule has 2 N–H and O–H groups in total.